The van der Waals surface area contributed by atoms with Gasteiger partial charge in [-0.3, -0.25) is 0 Å². The zero-order chi connectivity index (χ0) is 14.0. The molecule has 0 spiro atoms. The molecule has 0 aromatic heterocycles. The number of carboxylic acids is 1. The maximum atomic E-state index is 11.5. The van der Waals surface area contributed by atoms with E-state index in [1.165, 1.54) is 0 Å². The van der Waals surface area contributed by atoms with Crippen molar-refractivity contribution in [2.75, 3.05) is 6.61 Å². The smallest absolute Gasteiger partial charge is 0.334 e. The topological polar surface area (TPSA) is 46.5 Å². The van der Waals surface area contributed by atoms with E-state index in [0.717, 1.165) is 44.1 Å². The van der Waals surface area contributed by atoms with Crippen LogP contribution in [0, 0.1) is 0 Å². The molecule has 1 N–H and O–H groups in total. The van der Waals surface area contributed by atoms with Crippen molar-refractivity contribution in [3.8, 4) is 0 Å². The van der Waals surface area contributed by atoms with Crippen LogP contribution in [0.3, 0.4) is 0 Å². The fraction of sp³-hybridized carbons (Fsp3) is 0.800. The molecule has 3 heteroatoms. The molecule has 0 aromatic carbocycles. The molecule has 18 heavy (non-hydrogen) atoms. The van der Waals surface area contributed by atoms with E-state index in [1.54, 1.807) is 0 Å². The van der Waals surface area contributed by atoms with Gasteiger partial charge in [-0.2, -0.15) is 0 Å². The average Bonchev–Trinajstić information content (AvgIpc) is 2.30. The highest BCUT2D eigenvalue weighted by Gasteiger charge is 2.23. The van der Waals surface area contributed by atoms with Crippen LogP contribution in [0.1, 0.15) is 66.2 Å². The van der Waals surface area contributed by atoms with Crippen LogP contribution in [-0.4, -0.2) is 23.8 Å². The van der Waals surface area contributed by atoms with Crippen molar-refractivity contribution < 1.29 is 14.6 Å². The fourth-order valence-electron chi connectivity index (χ4n) is 2.29. The van der Waals surface area contributed by atoms with E-state index in [-0.39, 0.29) is 6.10 Å². The van der Waals surface area contributed by atoms with Crippen LogP contribution in [0.15, 0.2) is 11.1 Å². The molecular weight excluding hydrogens is 228 g/mol. The Bertz CT molecular complexity index is 255. The highest BCUT2D eigenvalue weighted by Crippen LogP contribution is 2.24. The van der Waals surface area contributed by atoms with E-state index in [9.17, 15) is 9.90 Å². The van der Waals surface area contributed by atoms with Crippen LogP contribution in [0.4, 0.5) is 0 Å². The summed E-state index contributed by atoms with van der Waals surface area (Å²) in [5.41, 5.74) is 1.59. The van der Waals surface area contributed by atoms with Gasteiger partial charge in [-0.25, -0.2) is 4.79 Å². The first-order valence-electron chi connectivity index (χ1n) is 7.18. The molecule has 0 bridgehead atoms. The first-order valence-corrected chi connectivity index (χ1v) is 7.18. The third-order valence-electron chi connectivity index (χ3n) is 2.96. The second-order valence-electron chi connectivity index (χ2n) is 4.56. The highest BCUT2D eigenvalue weighted by atomic mass is 16.5. The molecule has 0 aliphatic carbocycles. The van der Waals surface area contributed by atoms with E-state index in [0.29, 0.717) is 12.2 Å². The molecule has 0 saturated heterocycles. The van der Waals surface area contributed by atoms with Crippen molar-refractivity contribution in [3.05, 3.63) is 11.1 Å². The number of carboxylic acid groups (broad SMARTS) is 1. The van der Waals surface area contributed by atoms with Crippen molar-refractivity contribution in [2.45, 2.75) is 72.3 Å². The predicted octanol–water partition coefficient (Wildman–Crippen LogP) is 4.17. The number of rotatable bonds is 10. The Balaban J connectivity index is 5.27. The summed E-state index contributed by atoms with van der Waals surface area (Å²) in [5.74, 6) is -0.807. The maximum Gasteiger partial charge on any atom is 0.334 e. The molecule has 0 radical (unpaired) electrons. The second-order valence-corrected chi connectivity index (χ2v) is 4.56. The lowest BCUT2D eigenvalue weighted by Crippen LogP contribution is -2.23. The Kier molecular flexibility index (Phi) is 9.66. The Morgan fingerprint density at radius 2 is 1.61 bits per heavy atom. The lowest BCUT2D eigenvalue weighted by Gasteiger charge is -2.21. The van der Waals surface area contributed by atoms with Crippen LogP contribution >= 0.6 is 0 Å². The van der Waals surface area contributed by atoms with Gasteiger partial charge in [0.05, 0.1) is 11.7 Å². The molecule has 0 amide bonds. The van der Waals surface area contributed by atoms with Crippen LogP contribution < -0.4 is 0 Å². The van der Waals surface area contributed by atoms with Gasteiger partial charge in [-0.05, 0) is 26.2 Å². The quantitative estimate of drug-likeness (QED) is 0.597. The predicted molar refractivity (Wildman–Crippen MR) is 74.8 cm³/mol. The van der Waals surface area contributed by atoms with Gasteiger partial charge in [0.1, 0.15) is 0 Å². The van der Waals surface area contributed by atoms with Gasteiger partial charge in [-0.15, -0.1) is 0 Å². The molecule has 0 saturated carbocycles. The Morgan fingerprint density at radius 1 is 1.06 bits per heavy atom. The molecule has 1 unspecified atom stereocenters. The van der Waals surface area contributed by atoms with Gasteiger partial charge in [0, 0.05) is 6.61 Å². The fourth-order valence-corrected chi connectivity index (χ4v) is 2.29. The molecule has 106 valence electrons. The largest absolute Gasteiger partial charge is 0.478 e. The molecule has 0 fully saturated rings. The lowest BCUT2D eigenvalue weighted by atomic mass is 9.93. The van der Waals surface area contributed by atoms with Crippen molar-refractivity contribution in [2.24, 2.45) is 0 Å². The standard InChI is InChI=1S/C15H28O3/c1-5-9-12(10-6-2)14(15(16)17)13(11-7-3)18-8-4/h13H,5-11H2,1-4H3,(H,16,17). The van der Waals surface area contributed by atoms with E-state index in [1.807, 2.05) is 6.92 Å². The number of hydrogen-bond donors (Lipinski definition) is 1. The van der Waals surface area contributed by atoms with E-state index < -0.39 is 5.97 Å². The number of ether oxygens (including phenoxy) is 1. The molecule has 0 rings (SSSR count). The summed E-state index contributed by atoms with van der Waals surface area (Å²) in [6, 6.07) is 0. The van der Waals surface area contributed by atoms with Gasteiger partial charge in [0.25, 0.3) is 0 Å². The third-order valence-corrected chi connectivity index (χ3v) is 2.96. The zero-order valence-corrected chi connectivity index (χ0v) is 12.3. The molecule has 0 aromatic rings. The summed E-state index contributed by atoms with van der Waals surface area (Å²) in [4.78, 5) is 11.5. The second kappa shape index (κ2) is 10.1. The normalized spacial score (nSPS) is 12.2. The molecule has 0 heterocycles. The number of allylic oxidation sites excluding steroid dienone is 1. The van der Waals surface area contributed by atoms with Crippen LogP contribution in [0.2, 0.25) is 0 Å². The molecule has 0 aliphatic heterocycles. The van der Waals surface area contributed by atoms with Crippen molar-refractivity contribution in [3.63, 3.8) is 0 Å². The summed E-state index contributed by atoms with van der Waals surface area (Å²) in [5, 5.41) is 9.48. The van der Waals surface area contributed by atoms with Gasteiger partial charge < -0.3 is 9.84 Å². The van der Waals surface area contributed by atoms with Gasteiger partial charge in [0.2, 0.25) is 0 Å². The summed E-state index contributed by atoms with van der Waals surface area (Å²) in [7, 11) is 0. The summed E-state index contributed by atoms with van der Waals surface area (Å²) >= 11 is 0. The number of carbonyl (C=O) groups is 1. The third kappa shape index (κ3) is 5.67. The lowest BCUT2D eigenvalue weighted by molar-refractivity contribution is -0.134. The van der Waals surface area contributed by atoms with Crippen LogP contribution in [-0.2, 0) is 9.53 Å². The van der Waals surface area contributed by atoms with E-state index in [2.05, 4.69) is 20.8 Å². The first-order chi connectivity index (χ1) is 8.62. The minimum Gasteiger partial charge on any atom is -0.478 e. The number of aliphatic carboxylic acids is 1. The zero-order valence-electron chi connectivity index (χ0n) is 12.3. The minimum atomic E-state index is -0.807. The molecular formula is C15H28O3. The SMILES string of the molecule is CCCC(CCC)=C(C(=O)O)C(CCC)OCC. The van der Waals surface area contributed by atoms with E-state index in [4.69, 9.17) is 4.74 Å². The Hall–Kier alpha value is -0.830. The first kappa shape index (κ1) is 17.2. The molecule has 1 atom stereocenters. The molecule has 0 aliphatic rings. The van der Waals surface area contributed by atoms with Crippen molar-refractivity contribution in [1.29, 1.82) is 0 Å². The van der Waals surface area contributed by atoms with Gasteiger partial charge >= 0.3 is 5.97 Å². The van der Waals surface area contributed by atoms with Crippen LogP contribution in [0.25, 0.3) is 0 Å². The maximum absolute atomic E-state index is 11.5. The van der Waals surface area contributed by atoms with Crippen molar-refractivity contribution >= 4 is 5.97 Å². The monoisotopic (exact) mass is 256 g/mol. The summed E-state index contributed by atoms with van der Waals surface area (Å²) in [6.07, 6.45) is 5.17. The van der Waals surface area contributed by atoms with E-state index >= 15 is 0 Å². The summed E-state index contributed by atoms with van der Waals surface area (Å²) in [6.45, 7) is 8.72. The minimum absolute atomic E-state index is 0.245. The summed E-state index contributed by atoms with van der Waals surface area (Å²) < 4.78 is 5.64. The Labute approximate surface area is 111 Å². The Morgan fingerprint density at radius 3 is 1.94 bits per heavy atom. The number of hydrogen-bond acceptors (Lipinski definition) is 2. The van der Waals surface area contributed by atoms with Gasteiger partial charge in [-0.1, -0.05) is 45.6 Å². The van der Waals surface area contributed by atoms with Gasteiger partial charge in [0.15, 0.2) is 0 Å². The van der Waals surface area contributed by atoms with Crippen LogP contribution in [0.5, 0.6) is 0 Å². The highest BCUT2D eigenvalue weighted by molar-refractivity contribution is 5.88. The van der Waals surface area contributed by atoms with Crippen molar-refractivity contribution in [1.82, 2.24) is 0 Å². The average molecular weight is 256 g/mol. The molecule has 3 nitrogen and oxygen atoms in total.